The number of fused-ring (bicyclic) bond motifs is 2. The van der Waals surface area contributed by atoms with Gasteiger partial charge < -0.3 is 15.1 Å². The molecular weight excluding hydrogens is 334 g/mol. The highest BCUT2D eigenvalue weighted by atomic mass is 16.3. The monoisotopic (exact) mass is 351 g/mol. The fraction of sp³-hybridized carbons (Fsp3) is 0. The Hall–Kier alpha value is -3.79. The molecule has 0 radical (unpaired) electrons. The molecule has 0 aliphatic heterocycles. The first-order valence-corrected chi connectivity index (χ1v) is 8.81. The Labute approximate surface area is 155 Å². The van der Waals surface area contributed by atoms with Crippen LogP contribution in [0.3, 0.4) is 0 Å². The molecular formula is C23H17N3O. The molecule has 0 bridgehead atoms. The van der Waals surface area contributed by atoms with Crippen molar-refractivity contribution in [3.05, 3.63) is 96.2 Å². The number of aromatic nitrogens is 2. The predicted octanol–water partition coefficient (Wildman–Crippen LogP) is 5.52. The van der Waals surface area contributed by atoms with Gasteiger partial charge in [-0.05, 0) is 30.3 Å². The maximum atomic E-state index is 10.6. The lowest BCUT2D eigenvalue weighted by Gasteiger charge is -2.08. The number of aromatic amines is 2. The minimum atomic E-state index is 0.126. The summed E-state index contributed by atoms with van der Waals surface area (Å²) in [6.45, 7) is 0. The lowest BCUT2D eigenvalue weighted by Crippen LogP contribution is -2.02. The van der Waals surface area contributed by atoms with Gasteiger partial charge in [-0.1, -0.05) is 48.5 Å². The minimum Gasteiger partial charge on any atom is -0.494 e. The summed E-state index contributed by atoms with van der Waals surface area (Å²) in [5.74, 6) is 0.126. The molecule has 0 atom stereocenters. The van der Waals surface area contributed by atoms with Crippen molar-refractivity contribution in [1.82, 2.24) is 9.97 Å². The van der Waals surface area contributed by atoms with E-state index in [2.05, 4.69) is 9.97 Å². The highest BCUT2D eigenvalue weighted by Gasteiger charge is 2.18. The molecule has 4 nitrogen and oxygen atoms in total. The van der Waals surface area contributed by atoms with Gasteiger partial charge in [-0.2, -0.15) is 0 Å². The minimum absolute atomic E-state index is 0.126. The zero-order valence-corrected chi connectivity index (χ0v) is 14.5. The smallest absolute Gasteiger partial charge is 0.199 e. The number of para-hydroxylation sites is 1. The molecule has 5 aromatic rings. The van der Waals surface area contributed by atoms with E-state index >= 15 is 0 Å². The summed E-state index contributed by atoms with van der Waals surface area (Å²) in [5.41, 5.74) is 5.20. The van der Waals surface area contributed by atoms with E-state index in [1.54, 1.807) is 0 Å². The Bertz CT molecular complexity index is 1280. The van der Waals surface area contributed by atoms with Crippen LogP contribution in [0.1, 0.15) is 11.1 Å². The molecule has 0 spiro atoms. The highest BCUT2D eigenvalue weighted by Crippen LogP contribution is 2.31. The van der Waals surface area contributed by atoms with Crippen LogP contribution in [0.5, 0.6) is 5.88 Å². The van der Waals surface area contributed by atoms with Crippen molar-refractivity contribution in [2.24, 2.45) is 4.99 Å². The number of hydrogen-bond donors (Lipinski definition) is 3. The number of benzene rings is 3. The third kappa shape index (κ3) is 2.68. The standard InChI is InChI=1S/C23H17N3O/c27-23-21(18-8-4-5-9-20(18)26-23)22(15-6-2-1-3-7-15)25-17-10-11-19-16(14-17)12-13-24-19/h1-14,24,26-27H. The average Bonchev–Trinajstić information content (AvgIpc) is 3.30. The molecule has 0 aliphatic carbocycles. The molecule has 5 rings (SSSR count). The topological polar surface area (TPSA) is 64.2 Å². The van der Waals surface area contributed by atoms with Gasteiger partial charge in [0, 0.05) is 33.6 Å². The van der Waals surface area contributed by atoms with Gasteiger partial charge in [-0.15, -0.1) is 0 Å². The molecule has 3 N–H and O–H groups in total. The SMILES string of the molecule is Oc1[nH]c2ccccc2c1C(=Nc1ccc2[nH]ccc2c1)c1ccccc1. The van der Waals surface area contributed by atoms with Crippen molar-refractivity contribution in [3.63, 3.8) is 0 Å². The van der Waals surface area contributed by atoms with E-state index in [9.17, 15) is 5.11 Å². The molecule has 130 valence electrons. The summed E-state index contributed by atoms with van der Waals surface area (Å²) in [4.78, 5) is 11.2. The number of aromatic hydroxyl groups is 1. The quantitative estimate of drug-likeness (QED) is 0.368. The van der Waals surface area contributed by atoms with E-state index < -0.39 is 0 Å². The summed E-state index contributed by atoms with van der Waals surface area (Å²) in [7, 11) is 0. The average molecular weight is 351 g/mol. The van der Waals surface area contributed by atoms with Crippen LogP contribution in [0, 0.1) is 0 Å². The van der Waals surface area contributed by atoms with Crippen molar-refractivity contribution >= 4 is 33.2 Å². The van der Waals surface area contributed by atoms with Crippen molar-refractivity contribution < 1.29 is 5.11 Å². The van der Waals surface area contributed by atoms with Crippen molar-refractivity contribution in [1.29, 1.82) is 0 Å². The summed E-state index contributed by atoms with van der Waals surface area (Å²) < 4.78 is 0. The van der Waals surface area contributed by atoms with Crippen LogP contribution in [0.25, 0.3) is 21.8 Å². The number of H-pyrrole nitrogens is 2. The van der Waals surface area contributed by atoms with Crippen LogP contribution >= 0.6 is 0 Å². The largest absolute Gasteiger partial charge is 0.494 e. The van der Waals surface area contributed by atoms with E-state index in [1.165, 1.54) is 0 Å². The first kappa shape index (κ1) is 15.5. The predicted molar refractivity (Wildman–Crippen MR) is 110 cm³/mol. The highest BCUT2D eigenvalue weighted by molar-refractivity contribution is 6.21. The molecule has 27 heavy (non-hydrogen) atoms. The Morgan fingerprint density at radius 2 is 1.63 bits per heavy atom. The maximum absolute atomic E-state index is 10.6. The summed E-state index contributed by atoms with van der Waals surface area (Å²) in [6.07, 6.45) is 1.92. The first-order valence-electron chi connectivity index (χ1n) is 8.81. The molecule has 4 heteroatoms. The molecule has 0 saturated carbocycles. The second-order valence-corrected chi connectivity index (χ2v) is 6.47. The molecule has 0 fully saturated rings. The van der Waals surface area contributed by atoms with Crippen LogP contribution in [0.15, 0.2) is 90.1 Å². The van der Waals surface area contributed by atoms with Crippen LogP contribution in [-0.2, 0) is 0 Å². The van der Waals surface area contributed by atoms with Gasteiger partial charge in [-0.25, -0.2) is 4.99 Å². The van der Waals surface area contributed by atoms with E-state index in [0.717, 1.165) is 38.8 Å². The fourth-order valence-corrected chi connectivity index (χ4v) is 3.47. The summed E-state index contributed by atoms with van der Waals surface area (Å²) >= 11 is 0. The second kappa shape index (κ2) is 6.18. The number of nitrogens with zero attached hydrogens (tertiary/aromatic N) is 1. The van der Waals surface area contributed by atoms with E-state index in [0.29, 0.717) is 5.56 Å². The number of nitrogens with one attached hydrogen (secondary N) is 2. The second-order valence-electron chi connectivity index (χ2n) is 6.47. The van der Waals surface area contributed by atoms with Gasteiger partial charge in [0.05, 0.1) is 17.0 Å². The van der Waals surface area contributed by atoms with Crippen molar-refractivity contribution in [2.45, 2.75) is 0 Å². The van der Waals surface area contributed by atoms with Gasteiger partial charge in [0.2, 0.25) is 0 Å². The summed E-state index contributed by atoms with van der Waals surface area (Å²) in [5, 5.41) is 12.7. The Morgan fingerprint density at radius 1 is 0.815 bits per heavy atom. The summed E-state index contributed by atoms with van der Waals surface area (Å²) in [6, 6.07) is 25.9. The Morgan fingerprint density at radius 3 is 2.52 bits per heavy atom. The molecule has 2 aromatic heterocycles. The molecule has 0 unspecified atom stereocenters. The molecule has 3 aromatic carbocycles. The molecule has 2 heterocycles. The van der Waals surface area contributed by atoms with Crippen LogP contribution in [0.2, 0.25) is 0 Å². The lowest BCUT2D eigenvalue weighted by atomic mass is 10.0. The Kier molecular flexibility index (Phi) is 3.54. The van der Waals surface area contributed by atoms with Gasteiger partial charge in [0.15, 0.2) is 5.88 Å². The van der Waals surface area contributed by atoms with Gasteiger partial charge in [0.1, 0.15) is 0 Å². The number of hydrogen-bond acceptors (Lipinski definition) is 2. The number of rotatable bonds is 3. The molecule has 0 aliphatic rings. The third-order valence-corrected chi connectivity index (χ3v) is 4.75. The number of aliphatic imine (C=N–C) groups is 1. The molecule has 0 saturated heterocycles. The molecule has 0 amide bonds. The van der Waals surface area contributed by atoms with E-state index in [1.807, 2.05) is 85.1 Å². The fourth-order valence-electron chi connectivity index (χ4n) is 3.47. The van der Waals surface area contributed by atoms with Gasteiger partial charge in [-0.3, -0.25) is 0 Å². The van der Waals surface area contributed by atoms with Crippen LogP contribution in [0.4, 0.5) is 5.69 Å². The van der Waals surface area contributed by atoms with Crippen molar-refractivity contribution in [3.8, 4) is 5.88 Å². The van der Waals surface area contributed by atoms with Crippen LogP contribution < -0.4 is 0 Å². The van der Waals surface area contributed by atoms with Gasteiger partial charge >= 0.3 is 0 Å². The van der Waals surface area contributed by atoms with E-state index in [4.69, 9.17) is 4.99 Å². The zero-order chi connectivity index (χ0) is 18.2. The third-order valence-electron chi connectivity index (χ3n) is 4.75. The maximum Gasteiger partial charge on any atom is 0.199 e. The zero-order valence-electron chi connectivity index (χ0n) is 14.5. The van der Waals surface area contributed by atoms with Gasteiger partial charge in [0.25, 0.3) is 0 Å². The Balaban J connectivity index is 1.77. The van der Waals surface area contributed by atoms with Crippen LogP contribution in [-0.4, -0.2) is 20.8 Å². The lowest BCUT2D eigenvalue weighted by molar-refractivity contribution is 0.457. The van der Waals surface area contributed by atoms with E-state index in [-0.39, 0.29) is 5.88 Å². The van der Waals surface area contributed by atoms with Crippen molar-refractivity contribution in [2.75, 3.05) is 0 Å². The first-order chi connectivity index (χ1) is 13.3. The normalized spacial score (nSPS) is 12.1.